The van der Waals surface area contributed by atoms with Crippen LogP contribution in [-0.4, -0.2) is 17.0 Å². The van der Waals surface area contributed by atoms with Gasteiger partial charge in [-0.3, -0.25) is 9.59 Å². The van der Waals surface area contributed by atoms with E-state index in [2.05, 4.69) is 5.32 Å². The minimum absolute atomic E-state index is 0.0975. The fourth-order valence-electron chi connectivity index (χ4n) is 2.86. The van der Waals surface area contributed by atoms with E-state index in [1.54, 1.807) is 0 Å². The molecule has 0 radical (unpaired) electrons. The van der Waals surface area contributed by atoms with Crippen LogP contribution in [0.25, 0.3) is 0 Å². The van der Waals surface area contributed by atoms with E-state index in [4.69, 9.17) is 11.6 Å². The van der Waals surface area contributed by atoms with Gasteiger partial charge in [0, 0.05) is 0 Å². The number of anilines is 1. The molecule has 114 valence electrons. The minimum atomic E-state index is -0.948. The molecule has 1 fully saturated rings. The summed E-state index contributed by atoms with van der Waals surface area (Å²) >= 11 is 5.86. The van der Waals surface area contributed by atoms with Crippen molar-refractivity contribution >= 4 is 29.2 Å². The standard InChI is InChI=1S/C15H17ClFNO3/c1-2-8-5-10(11(6-8)15(20)21)14(19)18-13-4-3-9(17)7-12(13)16/h3-4,7-8,10-11H,2,5-6H2,1H3,(H,18,19)(H,20,21)/t8?,10-,11+/m0/s1. The fourth-order valence-corrected chi connectivity index (χ4v) is 3.07. The van der Waals surface area contributed by atoms with E-state index in [1.807, 2.05) is 6.92 Å². The molecule has 1 aromatic rings. The molecule has 0 aliphatic heterocycles. The Bertz CT molecular complexity index is 564. The number of carbonyl (C=O) groups is 2. The summed E-state index contributed by atoms with van der Waals surface area (Å²) in [6.07, 6.45) is 1.92. The Hall–Kier alpha value is -1.62. The molecule has 0 bridgehead atoms. The van der Waals surface area contributed by atoms with E-state index in [0.29, 0.717) is 18.5 Å². The Labute approximate surface area is 127 Å². The number of benzene rings is 1. The van der Waals surface area contributed by atoms with Gasteiger partial charge >= 0.3 is 5.97 Å². The first kappa shape index (κ1) is 15.8. The molecular formula is C15H17ClFNO3. The highest BCUT2D eigenvalue weighted by molar-refractivity contribution is 6.33. The van der Waals surface area contributed by atoms with Crippen LogP contribution in [0.2, 0.25) is 5.02 Å². The number of halogens is 2. The second kappa shape index (κ2) is 6.43. The van der Waals surface area contributed by atoms with Crippen LogP contribution in [0, 0.1) is 23.6 Å². The van der Waals surface area contributed by atoms with Crippen molar-refractivity contribution in [1.82, 2.24) is 0 Å². The van der Waals surface area contributed by atoms with Gasteiger partial charge in [-0.05, 0) is 37.0 Å². The average Bonchev–Trinajstić information content (AvgIpc) is 2.86. The molecule has 3 atom stereocenters. The first-order valence-electron chi connectivity index (χ1n) is 6.91. The number of rotatable bonds is 4. The molecule has 6 heteroatoms. The monoisotopic (exact) mass is 313 g/mol. The van der Waals surface area contributed by atoms with Crippen LogP contribution in [0.1, 0.15) is 26.2 Å². The molecule has 0 heterocycles. The van der Waals surface area contributed by atoms with Gasteiger partial charge < -0.3 is 10.4 Å². The fraction of sp³-hybridized carbons (Fsp3) is 0.467. The van der Waals surface area contributed by atoms with Crippen molar-refractivity contribution in [1.29, 1.82) is 0 Å². The molecular weight excluding hydrogens is 297 g/mol. The summed E-state index contributed by atoms with van der Waals surface area (Å²) in [5.74, 6) is -2.82. The lowest BCUT2D eigenvalue weighted by Gasteiger charge is -2.16. The van der Waals surface area contributed by atoms with Crippen molar-refractivity contribution in [3.05, 3.63) is 29.0 Å². The largest absolute Gasteiger partial charge is 0.481 e. The number of amides is 1. The van der Waals surface area contributed by atoms with E-state index in [9.17, 15) is 19.1 Å². The summed E-state index contributed by atoms with van der Waals surface area (Å²) in [6, 6.07) is 3.67. The van der Waals surface area contributed by atoms with Gasteiger partial charge in [-0.1, -0.05) is 24.9 Å². The van der Waals surface area contributed by atoms with Gasteiger partial charge in [-0.2, -0.15) is 0 Å². The minimum Gasteiger partial charge on any atom is -0.481 e. The SMILES string of the molecule is CCC1C[C@H](C(=O)Nc2ccc(F)cc2Cl)[C@H](C(=O)O)C1. The number of aliphatic carboxylic acids is 1. The van der Waals surface area contributed by atoms with Crippen LogP contribution in [-0.2, 0) is 9.59 Å². The van der Waals surface area contributed by atoms with E-state index in [0.717, 1.165) is 12.5 Å². The first-order valence-corrected chi connectivity index (χ1v) is 7.28. The molecule has 1 aromatic carbocycles. The van der Waals surface area contributed by atoms with Crippen LogP contribution in [0.15, 0.2) is 18.2 Å². The van der Waals surface area contributed by atoms with Gasteiger partial charge in [0.1, 0.15) is 5.82 Å². The molecule has 0 spiro atoms. The molecule has 2 N–H and O–H groups in total. The van der Waals surface area contributed by atoms with E-state index in [-0.39, 0.29) is 16.8 Å². The van der Waals surface area contributed by atoms with Crippen LogP contribution in [0.3, 0.4) is 0 Å². The number of carboxylic acids is 1. The molecule has 0 aromatic heterocycles. The van der Waals surface area contributed by atoms with Crippen molar-refractivity contribution in [2.24, 2.45) is 17.8 Å². The predicted octanol–water partition coefficient (Wildman–Crippen LogP) is 3.55. The summed E-state index contributed by atoms with van der Waals surface area (Å²) in [5, 5.41) is 12.0. The van der Waals surface area contributed by atoms with Crippen LogP contribution in [0.4, 0.5) is 10.1 Å². The third-order valence-corrected chi connectivity index (χ3v) is 4.39. The molecule has 21 heavy (non-hydrogen) atoms. The molecule has 1 saturated carbocycles. The Balaban J connectivity index is 2.13. The second-order valence-electron chi connectivity index (χ2n) is 5.41. The Morgan fingerprint density at radius 2 is 2.05 bits per heavy atom. The maximum atomic E-state index is 13.0. The van der Waals surface area contributed by atoms with Gasteiger partial charge in [-0.15, -0.1) is 0 Å². The lowest BCUT2D eigenvalue weighted by atomic mass is 9.95. The lowest BCUT2D eigenvalue weighted by molar-refractivity contribution is -0.145. The zero-order chi connectivity index (χ0) is 15.6. The summed E-state index contributed by atoms with van der Waals surface area (Å²) in [5.41, 5.74) is 0.298. The Morgan fingerprint density at radius 3 is 2.62 bits per heavy atom. The van der Waals surface area contributed by atoms with Crippen LogP contribution < -0.4 is 5.32 Å². The number of nitrogens with one attached hydrogen (secondary N) is 1. The summed E-state index contributed by atoms with van der Waals surface area (Å²) in [6.45, 7) is 1.99. The lowest BCUT2D eigenvalue weighted by Crippen LogP contribution is -2.30. The van der Waals surface area contributed by atoms with Gasteiger partial charge in [0.15, 0.2) is 0 Å². The van der Waals surface area contributed by atoms with Crippen molar-refractivity contribution in [3.8, 4) is 0 Å². The highest BCUT2D eigenvalue weighted by Crippen LogP contribution is 2.39. The molecule has 1 aliphatic rings. The van der Waals surface area contributed by atoms with Gasteiger partial charge in [0.05, 0.1) is 22.5 Å². The van der Waals surface area contributed by atoms with Crippen molar-refractivity contribution < 1.29 is 19.1 Å². The third-order valence-electron chi connectivity index (χ3n) is 4.08. The molecule has 4 nitrogen and oxygen atoms in total. The number of carbonyl (C=O) groups excluding carboxylic acids is 1. The van der Waals surface area contributed by atoms with Crippen molar-refractivity contribution in [2.45, 2.75) is 26.2 Å². The normalized spacial score (nSPS) is 24.8. The molecule has 0 saturated heterocycles. The first-order chi connectivity index (χ1) is 9.92. The molecule has 1 amide bonds. The molecule has 1 aliphatic carbocycles. The van der Waals surface area contributed by atoms with Gasteiger partial charge in [0.2, 0.25) is 5.91 Å². The van der Waals surface area contributed by atoms with Gasteiger partial charge in [-0.25, -0.2) is 4.39 Å². The summed E-state index contributed by atoms with van der Waals surface area (Å²) < 4.78 is 13.0. The predicted molar refractivity (Wildman–Crippen MR) is 77.7 cm³/mol. The zero-order valence-corrected chi connectivity index (χ0v) is 12.4. The van der Waals surface area contributed by atoms with E-state index in [1.165, 1.54) is 12.1 Å². The maximum Gasteiger partial charge on any atom is 0.307 e. The van der Waals surface area contributed by atoms with Crippen molar-refractivity contribution in [3.63, 3.8) is 0 Å². The third kappa shape index (κ3) is 3.53. The number of hydrogen-bond acceptors (Lipinski definition) is 2. The average molecular weight is 314 g/mol. The second-order valence-corrected chi connectivity index (χ2v) is 5.82. The number of carboxylic acid groups (broad SMARTS) is 1. The summed E-state index contributed by atoms with van der Waals surface area (Å²) in [7, 11) is 0. The topological polar surface area (TPSA) is 66.4 Å². The van der Waals surface area contributed by atoms with E-state index >= 15 is 0 Å². The molecule has 1 unspecified atom stereocenters. The highest BCUT2D eigenvalue weighted by Gasteiger charge is 2.42. The quantitative estimate of drug-likeness (QED) is 0.893. The zero-order valence-electron chi connectivity index (χ0n) is 11.6. The van der Waals surface area contributed by atoms with Crippen molar-refractivity contribution in [2.75, 3.05) is 5.32 Å². The smallest absolute Gasteiger partial charge is 0.307 e. The highest BCUT2D eigenvalue weighted by atomic mass is 35.5. The maximum absolute atomic E-state index is 13.0. The Morgan fingerprint density at radius 1 is 1.38 bits per heavy atom. The van der Waals surface area contributed by atoms with Crippen LogP contribution >= 0.6 is 11.6 Å². The number of hydrogen-bond donors (Lipinski definition) is 2. The molecule has 2 rings (SSSR count). The van der Waals surface area contributed by atoms with Gasteiger partial charge in [0.25, 0.3) is 0 Å². The van der Waals surface area contributed by atoms with E-state index < -0.39 is 23.6 Å². The van der Waals surface area contributed by atoms with Crippen LogP contribution in [0.5, 0.6) is 0 Å². The Kier molecular flexibility index (Phi) is 4.83. The summed E-state index contributed by atoms with van der Waals surface area (Å²) in [4.78, 5) is 23.6.